The fourth-order valence-corrected chi connectivity index (χ4v) is 0.817. The van der Waals surface area contributed by atoms with E-state index in [0.29, 0.717) is 6.61 Å². The largest absolute Gasteiger partial charge is 0.447 e. The normalized spacial score (nSPS) is 27.4. The second kappa shape index (κ2) is 2.88. The Morgan fingerprint density at radius 2 is 2.60 bits per heavy atom. The number of carbonyl (C=O) groups is 1. The van der Waals surface area contributed by atoms with E-state index in [1.165, 1.54) is 0 Å². The summed E-state index contributed by atoms with van der Waals surface area (Å²) in [6, 6.07) is 0.0116. The van der Waals surface area contributed by atoms with E-state index in [2.05, 4.69) is 10.1 Å². The van der Waals surface area contributed by atoms with E-state index in [1.54, 1.807) is 7.11 Å². The summed E-state index contributed by atoms with van der Waals surface area (Å²) >= 11 is 0. The quantitative estimate of drug-likeness (QED) is 0.600. The standard InChI is InChI=1S/C6H11NO3/c1-4(9-2)5-3-10-6(8)7-5/h4-5H,3H2,1-2H3,(H,7,8)/t4-,5-/m1/s1. The molecule has 1 saturated heterocycles. The average Bonchev–Trinajstić information content (AvgIpc) is 2.34. The van der Waals surface area contributed by atoms with E-state index in [-0.39, 0.29) is 18.2 Å². The summed E-state index contributed by atoms with van der Waals surface area (Å²) in [5.41, 5.74) is 0. The first-order chi connectivity index (χ1) is 4.74. The van der Waals surface area contributed by atoms with Crippen molar-refractivity contribution in [2.75, 3.05) is 13.7 Å². The molecule has 4 heteroatoms. The fourth-order valence-electron chi connectivity index (χ4n) is 0.817. The number of hydrogen-bond acceptors (Lipinski definition) is 3. The first kappa shape index (κ1) is 7.34. The maximum atomic E-state index is 10.5. The van der Waals surface area contributed by atoms with Crippen molar-refractivity contribution in [3.63, 3.8) is 0 Å². The van der Waals surface area contributed by atoms with Gasteiger partial charge in [0.25, 0.3) is 0 Å². The summed E-state index contributed by atoms with van der Waals surface area (Å²) in [5.74, 6) is 0. The van der Waals surface area contributed by atoms with Gasteiger partial charge in [-0.1, -0.05) is 0 Å². The first-order valence-electron chi connectivity index (χ1n) is 3.20. The van der Waals surface area contributed by atoms with Gasteiger partial charge in [-0.25, -0.2) is 4.79 Å². The van der Waals surface area contributed by atoms with Crippen molar-refractivity contribution in [2.45, 2.75) is 19.1 Å². The summed E-state index contributed by atoms with van der Waals surface area (Å²) in [5, 5.41) is 2.62. The smallest absolute Gasteiger partial charge is 0.407 e. The van der Waals surface area contributed by atoms with E-state index in [1.807, 2.05) is 6.92 Å². The van der Waals surface area contributed by atoms with Crippen LogP contribution in [0.2, 0.25) is 0 Å². The second-order valence-electron chi connectivity index (χ2n) is 2.29. The Balaban J connectivity index is 2.36. The minimum Gasteiger partial charge on any atom is -0.447 e. The summed E-state index contributed by atoms with van der Waals surface area (Å²) in [6.45, 7) is 2.30. The van der Waals surface area contributed by atoms with Gasteiger partial charge in [0.2, 0.25) is 0 Å². The highest BCUT2D eigenvalue weighted by Gasteiger charge is 2.26. The summed E-state index contributed by atoms with van der Waals surface area (Å²) in [4.78, 5) is 10.5. The van der Waals surface area contributed by atoms with Gasteiger partial charge in [-0.2, -0.15) is 0 Å². The van der Waals surface area contributed by atoms with Gasteiger partial charge in [0.15, 0.2) is 0 Å². The van der Waals surface area contributed by atoms with Crippen LogP contribution in [0.5, 0.6) is 0 Å². The molecule has 0 unspecified atom stereocenters. The zero-order valence-electron chi connectivity index (χ0n) is 6.09. The topological polar surface area (TPSA) is 47.6 Å². The zero-order chi connectivity index (χ0) is 7.56. The molecule has 4 nitrogen and oxygen atoms in total. The number of ether oxygens (including phenoxy) is 2. The van der Waals surface area contributed by atoms with Gasteiger partial charge in [0, 0.05) is 7.11 Å². The highest BCUT2D eigenvalue weighted by Crippen LogP contribution is 2.04. The Labute approximate surface area is 59.5 Å². The lowest BCUT2D eigenvalue weighted by atomic mass is 10.2. The van der Waals surface area contributed by atoms with Crippen molar-refractivity contribution >= 4 is 6.09 Å². The molecule has 10 heavy (non-hydrogen) atoms. The molecule has 0 spiro atoms. The van der Waals surface area contributed by atoms with E-state index >= 15 is 0 Å². The van der Waals surface area contributed by atoms with Gasteiger partial charge >= 0.3 is 6.09 Å². The lowest BCUT2D eigenvalue weighted by molar-refractivity contribution is 0.0839. The van der Waals surface area contributed by atoms with Gasteiger partial charge in [-0.15, -0.1) is 0 Å². The molecule has 0 aromatic carbocycles. The molecule has 0 aromatic heterocycles. The second-order valence-corrected chi connectivity index (χ2v) is 2.29. The lowest BCUT2D eigenvalue weighted by Gasteiger charge is -2.13. The van der Waals surface area contributed by atoms with Crippen molar-refractivity contribution in [3.8, 4) is 0 Å². The number of alkyl carbamates (subject to hydrolysis) is 1. The van der Waals surface area contributed by atoms with Crippen LogP contribution in [-0.2, 0) is 9.47 Å². The van der Waals surface area contributed by atoms with Crippen LogP contribution < -0.4 is 5.32 Å². The zero-order valence-corrected chi connectivity index (χ0v) is 6.09. The minimum absolute atomic E-state index is 0.0116. The molecule has 58 valence electrons. The third kappa shape index (κ3) is 1.39. The van der Waals surface area contributed by atoms with Crippen LogP contribution in [0.3, 0.4) is 0 Å². The summed E-state index contributed by atoms with van der Waals surface area (Å²) in [7, 11) is 1.61. The molecule has 0 bridgehead atoms. The number of amides is 1. The Kier molecular flexibility index (Phi) is 2.11. The number of rotatable bonds is 2. The van der Waals surface area contributed by atoms with E-state index < -0.39 is 0 Å². The van der Waals surface area contributed by atoms with Crippen LogP contribution >= 0.6 is 0 Å². The molecule has 2 atom stereocenters. The molecule has 0 aliphatic carbocycles. The molecule has 1 aliphatic heterocycles. The Hall–Kier alpha value is -0.770. The summed E-state index contributed by atoms with van der Waals surface area (Å²) < 4.78 is 9.65. The van der Waals surface area contributed by atoms with E-state index in [0.717, 1.165) is 0 Å². The highest BCUT2D eigenvalue weighted by molar-refractivity contribution is 5.69. The third-order valence-electron chi connectivity index (χ3n) is 1.64. The van der Waals surface area contributed by atoms with Gasteiger partial charge in [0.1, 0.15) is 6.61 Å². The number of hydrogen-bond donors (Lipinski definition) is 1. The molecule has 1 rings (SSSR count). The van der Waals surface area contributed by atoms with E-state index in [9.17, 15) is 4.79 Å². The molecule has 1 heterocycles. The third-order valence-corrected chi connectivity index (χ3v) is 1.64. The Morgan fingerprint density at radius 1 is 1.90 bits per heavy atom. The maximum absolute atomic E-state index is 10.5. The molecule has 0 saturated carbocycles. The summed E-state index contributed by atoms with van der Waals surface area (Å²) in [6.07, 6.45) is -0.333. The van der Waals surface area contributed by atoms with Crippen molar-refractivity contribution < 1.29 is 14.3 Å². The van der Waals surface area contributed by atoms with Crippen LogP contribution in [0, 0.1) is 0 Å². The molecule has 1 N–H and O–H groups in total. The predicted octanol–water partition coefficient (Wildman–Crippen LogP) is 0.130. The predicted molar refractivity (Wildman–Crippen MR) is 34.7 cm³/mol. The molecular weight excluding hydrogens is 134 g/mol. The molecule has 0 aromatic rings. The van der Waals surface area contributed by atoms with Gasteiger partial charge < -0.3 is 14.8 Å². The molecular formula is C6H11NO3. The first-order valence-corrected chi connectivity index (χ1v) is 3.20. The number of methoxy groups -OCH3 is 1. The van der Waals surface area contributed by atoms with Crippen molar-refractivity contribution in [1.82, 2.24) is 5.32 Å². The van der Waals surface area contributed by atoms with Crippen LogP contribution in [-0.4, -0.2) is 32.0 Å². The van der Waals surface area contributed by atoms with Gasteiger partial charge in [-0.3, -0.25) is 0 Å². The number of nitrogens with one attached hydrogen (secondary N) is 1. The van der Waals surface area contributed by atoms with Crippen LogP contribution in [0.25, 0.3) is 0 Å². The maximum Gasteiger partial charge on any atom is 0.407 e. The van der Waals surface area contributed by atoms with Crippen molar-refractivity contribution in [1.29, 1.82) is 0 Å². The van der Waals surface area contributed by atoms with Gasteiger partial charge in [0.05, 0.1) is 12.1 Å². The van der Waals surface area contributed by atoms with E-state index in [4.69, 9.17) is 4.74 Å². The Morgan fingerprint density at radius 3 is 3.00 bits per heavy atom. The fraction of sp³-hybridized carbons (Fsp3) is 0.833. The van der Waals surface area contributed by atoms with Crippen molar-refractivity contribution in [3.05, 3.63) is 0 Å². The van der Waals surface area contributed by atoms with Crippen LogP contribution in [0.15, 0.2) is 0 Å². The van der Waals surface area contributed by atoms with Crippen LogP contribution in [0.4, 0.5) is 4.79 Å². The minimum atomic E-state index is -0.353. The SMILES string of the molecule is CO[C@H](C)[C@H]1COC(=O)N1. The van der Waals surface area contributed by atoms with Crippen LogP contribution in [0.1, 0.15) is 6.92 Å². The lowest BCUT2D eigenvalue weighted by Crippen LogP contribution is -2.37. The molecule has 1 amide bonds. The molecule has 1 fully saturated rings. The number of cyclic esters (lactones) is 1. The number of carbonyl (C=O) groups excluding carboxylic acids is 1. The Bertz CT molecular complexity index is 137. The van der Waals surface area contributed by atoms with Gasteiger partial charge in [-0.05, 0) is 6.92 Å². The molecule has 1 aliphatic rings. The highest BCUT2D eigenvalue weighted by atomic mass is 16.6. The molecule has 0 radical (unpaired) electrons. The van der Waals surface area contributed by atoms with Crippen molar-refractivity contribution in [2.24, 2.45) is 0 Å². The monoisotopic (exact) mass is 145 g/mol. The average molecular weight is 145 g/mol.